The van der Waals surface area contributed by atoms with Gasteiger partial charge in [-0.3, -0.25) is 10.2 Å². The highest BCUT2D eigenvalue weighted by molar-refractivity contribution is 6.63. The van der Waals surface area contributed by atoms with Crippen molar-refractivity contribution in [3.63, 3.8) is 0 Å². The summed E-state index contributed by atoms with van der Waals surface area (Å²) in [5, 5.41) is 20.7. The summed E-state index contributed by atoms with van der Waals surface area (Å²) in [5.41, 5.74) is 3.74. The van der Waals surface area contributed by atoms with E-state index in [1.807, 2.05) is 27.7 Å². The van der Waals surface area contributed by atoms with E-state index in [9.17, 15) is 19.2 Å². The van der Waals surface area contributed by atoms with Crippen LogP contribution in [0.25, 0.3) is 0 Å². The molecule has 0 amide bonds. The Labute approximate surface area is 252 Å². The average molecular weight is 617 g/mol. The minimum Gasteiger partial charge on any atom is -0.417 e. The Morgan fingerprint density at radius 1 is 0.659 bits per heavy atom. The summed E-state index contributed by atoms with van der Waals surface area (Å²) in [6, 6.07) is 0. The number of aryl methyl sites for hydroxylation is 2. The Balaban J connectivity index is 1.38. The van der Waals surface area contributed by atoms with E-state index in [1.165, 1.54) is 0 Å². The van der Waals surface area contributed by atoms with Crippen molar-refractivity contribution in [3.05, 3.63) is 11.6 Å². The molecule has 18 nitrogen and oxygen atoms in total. The third-order valence-electron chi connectivity index (χ3n) is 7.47. The first-order chi connectivity index (χ1) is 21.0. The molecule has 2 aromatic rings. The smallest absolute Gasteiger partial charge is 0.369 e. The van der Waals surface area contributed by atoms with E-state index in [-0.39, 0.29) is 49.4 Å². The fourth-order valence-corrected chi connectivity index (χ4v) is 4.61. The van der Waals surface area contributed by atoms with Crippen molar-refractivity contribution in [2.75, 3.05) is 10.9 Å². The molecule has 2 unspecified atom stereocenters. The number of ether oxygens (including phenoxy) is 4. The molecular formula is C26H36N10O8. The monoisotopic (exact) mass is 616 g/mol. The molecule has 44 heavy (non-hydrogen) atoms. The van der Waals surface area contributed by atoms with Crippen LogP contribution in [0.5, 0.6) is 0 Å². The van der Waals surface area contributed by atoms with Gasteiger partial charge in [-0.25, -0.2) is 30.0 Å². The Kier molecular flexibility index (Phi) is 9.59. The van der Waals surface area contributed by atoms with E-state index in [0.29, 0.717) is 24.5 Å². The Morgan fingerprint density at radius 2 is 1.00 bits per heavy atom. The first-order valence-electron chi connectivity index (χ1n) is 14.4. The van der Waals surface area contributed by atoms with Crippen molar-refractivity contribution in [2.24, 2.45) is 22.0 Å². The van der Waals surface area contributed by atoms with Gasteiger partial charge in [0.25, 0.3) is 34.9 Å². The number of esters is 4. The molecule has 2 atom stereocenters. The normalized spacial score (nSPS) is 23.2. The topological polar surface area (TPSA) is 237 Å². The molecule has 238 valence electrons. The van der Waals surface area contributed by atoms with E-state index < -0.39 is 46.9 Å². The van der Waals surface area contributed by atoms with Crippen molar-refractivity contribution in [3.8, 4) is 0 Å². The Bertz CT molecular complexity index is 1320. The zero-order valence-corrected chi connectivity index (χ0v) is 25.3. The molecule has 4 heterocycles. The number of nitrogens with one attached hydrogen (secondary N) is 4. The third-order valence-corrected chi connectivity index (χ3v) is 7.47. The molecule has 4 rings (SSSR count). The third kappa shape index (κ3) is 7.00. The van der Waals surface area contributed by atoms with Gasteiger partial charge in [0.2, 0.25) is 0 Å². The van der Waals surface area contributed by atoms with Gasteiger partial charge in [0.15, 0.2) is 0 Å². The number of H-pyrrole nitrogens is 2. The van der Waals surface area contributed by atoms with E-state index in [4.69, 9.17) is 18.9 Å². The van der Waals surface area contributed by atoms with Crippen molar-refractivity contribution < 1.29 is 38.1 Å². The maximum absolute atomic E-state index is 12.8. The van der Waals surface area contributed by atoms with Crippen LogP contribution in [-0.4, -0.2) is 77.2 Å². The van der Waals surface area contributed by atoms with E-state index >= 15 is 0 Å². The van der Waals surface area contributed by atoms with Crippen LogP contribution in [0.4, 0.5) is 11.9 Å². The SMILES string of the molecule is CCc1nc(NN=C2C(=O)OC(CC)(CC(C)C(C)CC3(CC)OC(=O)C(=NNc4n[nH]c(CC)n4)C(=O)O3)OC2=O)n[nH]1. The first kappa shape index (κ1) is 32.0. The van der Waals surface area contributed by atoms with Crippen LogP contribution in [0, 0.1) is 11.8 Å². The second-order valence-corrected chi connectivity index (χ2v) is 10.5. The highest BCUT2D eigenvalue weighted by Gasteiger charge is 2.50. The fraction of sp³-hybridized carbons (Fsp3) is 0.615. The molecule has 2 aromatic heterocycles. The van der Waals surface area contributed by atoms with Crippen molar-refractivity contribution in [1.82, 2.24) is 30.4 Å². The predicted molar refractivity (Wildman–Crippen MR) is 152 cm³/mol. The number of carbonyl (C=O) groups is 4. The lowest BCUT2D eigenvalue weighted by atomic mass is 9.83. The molecule has 2 aliphatic heterocycles. The summed E-state index contributed by atoms with van der Waals surface area (Å²) >= 11 is 0. The van der Waals surface area contributed by atoms with Crippen molar-refractivity contribution in [1.29, 1.82) is 0 Å². The Morgan fingerprint density at radius 3 is 1.27 bits per heavy atom. The van der Waals surface area contributed by atoms with E-state index in [1.54, 1.807) is 13.8 Å². The van der Waals surface area contributed by atoms with Gasteiger partial charge in [-0.15, -0.1) is 10.2 Å². The van der Waals surface area contributed by atoms with Crippen LogP contribution in [0.2, 0.25) is 0 Å². The lowest BCUT2D eigenvalue weighted by Gasteiger charge is -2.40. The van der Waals surface area contributed by atoms with Crippen LogP contribution < -0.4 is 10.9 Å². The molecule has 2 fully saturated rings. The van der Waals surface area contributed by atoms with Gasteiger partial charge >= 0.3 is 23.9 Å². The number of nitrogens with zero attached hydrogens (tertiary/aromatic N) is 6. The van der Waals surface area contributed by atoms with Crippen LogP contribution in [0.1, 0.15) is 78.9 Å². The molecule has 0 radical (unpaired) electrons. The minimum atomic E-state index is -1.55. The molecule has 18 heteroatoms. The zero-order valence-electron chi connectivity index (χ0n) is 25.3. The summed E-state index contributed by atoms with van der Waals surface area (Å²) in [5.74, 6) is -6.12. The lowest BCUT2D eigenvalue weighted by Crippen LogP contribution is -2.53. The van der Waals surface area contributed by atoms with Gasteiger partial charge in [-0.1, -0.05) is 41.5 Å². The summed E-state index contributed by atoms with van der Waals surface area (Å²) in [6.45, 7) is 10.9. The summed E-state index contributed by atoms with van der Waals surface area (Å²) in [4.78, 5) is 59.4. The van der Waals surface area contributed by atoms with E-state index in [0.717, 1.165) is 0 Å². The molecule has 0 aromatic carbocycles. The van der Waals surface area contributed by atoms with Crippen molar-refractivity contribution in [2.45, 2.75) is 91.6 Å². The van der Waals surface area contributed by atoms with Gasteiger partial charge in [-0.05, 0) is 11.8 Å². The standard InChI is InChI=1S/C26H36N10O8/c1-7-15-27-23(33-29-15)35-31-17-19(37)41-25(9-3,42-20(17)38)11-13(5)14(6)12-26(10-4)43-21(39)18(22(40)44-26)32-36-24-28-16(8-2)30-34-24/h13-14H,7-12H2,1-6H3,(H2,27,29,33,35)(H2,28,30,34,36). The fourth-order valence-electron chi connectivity index (χ4n) is 4.61. The van der Waals surface area contributed by atoms with Crippen LogP contribution in [0.15, 0.2) is 10.2 Å². The second-order valence-electron chi connectivity index (χ2n) is 10.5. The molecule has 0 spiro atoms. The maximum Gasteiger partial charge on any atom is 0.369 e. The Hall–Kier alpha value is -4.90. The molecule has 4 N–H and O–H groups in total. The van der Waals surface area contributed by atoms with Gasteiger partial charge in [-0.2, -0.15) is 20.2 Å². The van der Waals surface area contributed by atoms with Gasteiger partial charge in [0.1, 0.15) is 11.6 Å². The zero-order chi connectivity index (χ0) is 32.1. The number of cyclic esters (lactones) is 4. The number of aromatic amines is 2. The molecule has 2 aliphatic rings. The van der Waals surface area contributed by atoms with E-state index in [2.05, 4.69) is 51.4 Å². The van der Waals surface area contributed by atoms with Crippen LogP contribution in [0.3, 0.4) is 0 Å². The van der Waals surface area contributed by atoms with Gasteiger partial charge < -0.3 is 18.9 Å². The first-order valence-corrected chi connectivity index (χ1v) is 14.4. The largest absolute Gasteiger partial charge is 0.417 e. The van der Waals surface area contributed by atoms with Gasteiger partial charge in [0, 0.05) is 38.5 Å². The maximum atomic E-state index is 12.8. The predicted octanol–water partition coefficient (Wildman–Crippen LogP) is 1.75. The molecule has 0 bridgehead atoms. The summed E-state index contributed by atoms with van der Waals surface area (Å²) < 4.78 is 22.4. The number of hydrogen-bond acceptors (Lipinski definition) is 16. The highest BCUT2D eigenvalue weighted by Crippen LogP contribution is 2.38. The number of anilines is 2. The molecule has 2 saturated heterocycles. The number of hydrazone groups is 2. The quantitative estimate of drug-likeness (QED) is 0.185. The second kappa shape index (κ2) is 13.2. The molecule has 0 saturated carbocycles. The van der Waals surface area contributed by atoms with Gasteiger partial charge in [0.05, 0.1) is 0 Å². The minimum absolute atomic E-state index is 0.0774. The molecule has 0 aliphatic carbocycles. The summed E-state index contributed by atoms with van der Waals surface area (Å²) in [7, 11) is 0. The number of rotatable bonds is 13. The van der Waals surface area contributed by atoms with Crippen LogP contribution in [-0.2, 0) is 51.0 Å². The van der Waals surface area contributed by atoms with Crippen molar-refractivity contribution >= 4 is 47.2 Å². The van der Waals surface area contributed by atoms with Crippen LogP contribution >= 0.6 is 0 Å². The molecular weight excluding hydrogens is 580 g/mol. The summed E-state index contributed by atoms with van der Waals surface area (Å²) in [6.07, 6.45) is 1.79. The number of aromatic nitrogens is 6. The number of hydrogen-bond donors (Lipinski definition) is 4. The number of carbonyl (C=O) groups excluding carboxylic acids is 4. The highest BCUT2D eigenvalue weighted by atomic mass is 16.8. The average Bonchev–Trinajstić information content (AvgIpc) is 3.65. The lowest BCUT2D eigenvalue weighted by molar-refractivity contribution is -0.244.